The van der Waals surface area contributed by atoms with Crippen molar-refractivity contribution in [3.05, 3.63) is 71.6 Å². The number of amides is 2. The molecule has 2 amide bonds. The maximum absolute atomic E-state index is 13.0. The molecule has 2 aliphatic rings. The number of nitrogens with zero attached hydrogens (tertiary/aromatic N) is 5. The maximum Gasteiger partial charge on any atom is 0.263 e. The number of para-hydroxylation sites is 1. The molecule has 1 aromatic heterocycles. The number of rotatable bonds is 4. The number of imide groups is 1. The largest absolute Gasteiger partial charge is 0.441 e. The fourth-order valence-corrected chi connectivity index (χ4v) is 3.73. The molecule has 2 aliphatic heterocycles. The minimum absolute atomic E-state index is 0.230. The average molecular weight is 401 g/mol. The van der Waals surface area contributed by atoms with Gasteiger partial charge in [-0.2, -0.15) is 5.11 Å². The third kappa shape index (κ3) is 2.88. The van der Waals surface area contributed by atoms with Gasteiger partial charge in [0, 0.05) is 5.56 Å². The maximum atomic E-state index is 13.0. The third-order valence-corrected chi connectivity index (χ3v) is 5.38. The van der Waals surface area contributed by atoms with Crippen LogP contribution in [0.5, 0.6) is 0 Å². The Morgan fingerprint density at radius 3 is 2.43 bits per heavy atom. The Labute approximate surface area is 172 Å². The summed E-state index contributed by atoms with van der Waals surface area (Å²) in [6, 6.07) is 15.2. The minimum atomic E-state index is -0.832. The summed E-state index contributed by atoms with van der Waals surface area (Å²) in [6.45, 7) is 4.07. The molecule has 0 bridgehead atoms. The van der Waals surface area contributed by atoms with Crippen LogP contribution in [-0.2, 0) is 16.1 Å². The van der Waals surface area contributed by atoms with E-state index < -0.39 is 12.1 Å². The van der Waals surface area contributed by atoms with Crippen LogP contribution < -0.4 is 4.90 Å². The monoisotopic (exact) mass is 401 g/mol. The highest BCUT2D eigenvalue weighted by molar-refractivity contribution is 6.25. The molecule has 3 heterocycles. The Kier molecular flexibility index (Phi) is 4.20. The van der Waals surface area contributed by atoms with Gasteiger partial charge in [-0.15, -0.1) is 0 Å². The number of benzene rings is 2. The van der Waals surface area contributed by atoms with Crippen LogP contribution >= 0.6 is 0 Å². The van der Waals surface area contributed by atoms with E-state index in [-0.39, 0.29) is 18.4 Å². The Hall–Kier alpha value is -3.81. The zero-order chi connectivity index (χ0) is 20.8. The van der Waals surface area contributed by atoms with Crippen molar-refractivity contribution < 1.29 is 14.0 Å². The summed E-state index contributed by atoms with van der Waals surface area (Å²) in [5.74, 6) is 0.455. The lowest BCUT2D eigenvalue weighted by Gasteiger charge is -2.19. The Bertz CT molecular complexity index is 1150. The van der Waals surface area contributed by atoms with Crippen molar-refractivity contribution in [2.24, 2.45) is 10.3 Å². The lowest BCUT2D eigenvalue weighted by atomic mass is 10.1. The number of hydrogen-bond acceptors (Lipinski definition) is 7. The number of carbonyl (C=O) groups excluding carboxylic acids is 2. The summed E-state index contributed by atoms with van der Waals surface area (Å²) in [4.78, 5) is 31.6. The molecule has 0 radical (unpaired) electrons. The van der Waals surface area contributed by atoms with Crippen LogP contribution in [0.4, 0.5) is 5.69 Å². The highest BCUT2D eigenvalue weighted by Gasteiger charge is 2.54. The van der Waals surface area contributed by atoms with Crippen molar-refractivity contribution in [3.63, 3.8) is 0 Å². The number of hydrogen-bond donors (Lipinski definition) is 0. The van der Waals surface area contributed by atoms with Crippen molar-refractivity contribution >= 4 is 17.5 Å². The van der Waals surface area contributed by atoms with Crippen molar-refractivity contribution in [2.75, 3.05) is 4.90 Å². The SMILES string of the molecule is Cc1ccc(-c2nc(CN3N=N[C@H]4C(=O)N(c5ccccc5)C(=O)[C@@H]43)c(C)o2)cc1. The normalized spacial score (nSPS) is 20.3. The van der Waals surface area contributed by atoms with Gasteiger partial charge in [0.2, 0.25) is 5.89 Å². The van der Waals surface area contributed by atoms with Gasteiger partial charge in [0.1, 0.15) is 11.5 Å². The first-order valence-corrected chi connectivity index (χ1v) is 9.66. The van der Waals surface area contributed by atoms with Gasteiger partial charge in [-0.05, 0) is 38.1 Å². The lowest BCUT2D eigenvalue weighted by molar-refractivity contribution is -0.123. The van der Waals surface area contributed by atoms with Gasteiger partial charge in [-0.3, -0.25) is 14.6 Å². The molecule has 3 aromatic rings. The van der Waals surface area contributed by atoms with E-state index in [9.17, 15) is 9.59 Å². The fraction of sp³-hybridized carbons (Fsp3) is 0.227. The topological polar surface area (TPSA) is 91.4 Å². The molecular weight excluding hydrogens is 382 g/mol. The molecule has 0 aliphatic carbocycles. The Balaban J connectivity index is 1.39. The van der Waals surface area contributed by atoms with Crippen molar-refractivity contribution in [1.29, 1.82) is 0 Å². The number of carbonyl (C=O) groups is 2. The van der Waals surface area contributed by atoms with Crippen LogP contribution in [0.1, 0.15) is 17.0 Å². The van der Waals surface area contributed by atoms with Crippen LogP contribution in [0.2, 0.25) is 0 Å². The van der Waals surface area contributed by atoms with Crippen LogP contribution in [0, 0.1) is 13.8 Å². The Morgan fingerprint density at radius 2 is 1.70 bits per heavy atom. The summed E-state index contributed by atoms with van der Waals surface area (Å²) in [6.07, 6.45) is 0. The van der Waals surface area contributed by atoms with Crippen molar-refractivity contribution in [2.45, 2.75) is 32.5 Å². The molecule has 0 unspecified atom stereocenters. The number of anilines is 1. The summed E-state index contributed by atoms with van der Waals surface area (Å²) < 4.78 is 5.83. The van der Waals surface area contributed by atoms with Crippen molar-refractivity contribution in [3.8, 4) is 11.5 Å². The smallest absolute Gasteiger partial charge is 0.263 e. The summed E-state index contributed by atoms with van der Waals surface area (Å²) in [5, 5.41) is 9.68. The third-order valence-electron chi connectivity index (χ3n) is 5.38. The van der Waals surface area contributed by atoms with Gasteiger partial charge in [-0.1, -0.05) is 41.1 Å². The van der Waals surface area contributed by atoms with E-state index in [0.29, 0.717) is 23.0 Å². The summed E-state index contributed by atoms with van der Waals surface area (Å²) in [7, 11) is 0. The quantitative estimate of drug-likeness (QED) is 0.625. The molecule has 2 aromatic carbocycles. The summed E-state index contributed by atoms with van der Waals surface area (Å²) >= 11 is 0. The van der Waals surface area contributed by atoms with E-state index >= 15 is 0 Å². The molecule has 2 atom stereocenters. The molecule has 0 saturated carbocycles. The van der Waals surface area contributed by atoms with E-state index in [2.05, 4.69) is 15.3 Å². The first-order chi connectivity index (χ1) is 14.5. The highest BCUT2D eigenvalue weighted by Crippen LogP contribution is 2.33. The van der Waals surface area contributed by atoms with E-state index in [0.717, 1.165) is 11.1 Å². The first kappa shape index (κ1) is 18.2. The average Bonchev–Trinajstić information content (AvgIpc) is 3.40. The van der Waals surface area contributed by atoms with Crippen LogP contribution in [0.15, 0.2) is 69.4 Å². The van der Waals surface area contributed by atoms with Gasteiger partial charge >= 0.3 is 0 Å². The number of aryl methyl sites for hydroxylation is 2. The van der Waals surface area contributed by atoms with Crippen molar-refractivity contribution in [1.82, 2.24) is 9.99 Å². The fourth-order valence-electron chi connectivity index (χ4n) is 3.73. The minimum Gasteiger partial charge on any atom is -0.441 e. The van der Waals surface area contributed by atoms with E-state index in [1.807, 2.05) is 44.2 Å². The second kappa shape index (κ2) is 6.91. The second-order valence-corrected chi connectivity index (χ2v) is 7.43. The molecule has 30 heavy (non-hydrogen) atoms. The molecule has 0 N–H and O–H groups in total. The van der Waals surface area contributed by atoms with Crippen LogP contribution in [0.3, 0.4) is 0 Å². The van der Waals surface area contributed by atoms with Gasteiger partial charge in [0.25, 0.3) is 11.8 Å². The lowest BCUT2D eigenvalue weighted by Crippen LogP contribution is -2.39. The van der Waals surface area contributed by atoms with E-state index in [1.165, 1.54) is 9.91 Å². The highest BCUT2D eigenvalue weighted by atomic mass is 16.4. The van der Waals surface area contributed by atoms with Crippen LogP contribution in [-0.4, -0.2) is 33.9 Å². The molecular formula is C22H19N5O3. The van der Waals surface area contributed by atoms with Gasteiger partial charge < -0.3 is 4.42 Å². The number of fused-ring (bicyclic) bond motifs is 1. The van der Waals surface area contributed by atoms with E-state index in [1.54, 1.807) is 24.3 Å². The molecule has 5 rings (SSSR count). The van der Waals surface area contributed by atoms with E-state index in [4.69, 9.17) is 4.42 Å². The molecule has 8 nitrogen and oxygen atoms in total. The van der Waals surface area contributed by atoms with Gasteiger partial charge in [0.15, 0.2) is 12.1 Å². The van der Waals surface area contributed by atoms with Crippen LogP contribution in [0.25, 0.3) is 11.5 Å². The summed E-state index contributed by atoms with van der Waals surface area (Å²) in [5.41, 5.74) is 3.22. The molecule has 1 saturated heterocycles. The number of aromatic nitrogens is 1. The standard InChI is InChI=1S/C22H19N5O3/c1-13-8-10-15(11-9-13)20-23-17(14(2)30-20)12-26-19-18(24-25-26)21(28)27(22(19)29)16-6-4-3-5-7-16/h3-11,18-19H,12H2,1-2H3/t18-,19-/m1/s1. The zero-order valence-electron chi connectivity index (χ0n) is 16.5. The predicted octanol–water partition coefficient (Wildman–Crippen LogP) is 3.45. The molecule has 1 fully saturated rings. The van der Waals surface area contributed by atoms with Gasteiger partial charge in [0.05, 0.1) is 12.2 Å². The first-order valence-electron chi connectivity index (χ1n) is 9.66. The zero-order valence-corrected chi connectivity index (χ0v) is 16.5. The molecule has 8 heteroatoms. The molecule has 0 spiro atoms. The second-order valence-electron chi connectivity index (χ2n) is 7.43. The molecule has 150 valence electrons. The van der Waals surface area contributed by atoms with Gasteiger partial charge in [-0.25, -0.2) is 9.88 Å². The number of oxazole rings is 1. The Morgan fingerprint density at radius 1 is 0.967 bits per heavy atom. The predicted molar refractivity (Wildman–Crippen MR) is 108 cm³/mol.